The highest BCUT2D eigenvalue weighted by molar-refractivity contribution is 6.66. The van der Waals surface area contributed by atoms with Gasteiger partial charge in [0.2, 0.25) is 3.79 Å². The number of rotatable bonds is 9. The van der Waals surface area contributed by atoms with Crippen LogP contribution in [0.5, 0.6) is 11.5 Å². The average molecular weight is 539 g/mol. The van der Waals surface area contributed by atoms with Crippen LogP contribution in [0.2, 0.25) is 5.02 Å². The normalized spacial score (nSPS) is 13.2. The van der Waals surface area contributed by atoms with Crippen LogP contribution in [0, 0.1) is 10.1 Å². The lowest BCUT2D eigenvalue weighted by Crippen LogP contribution is -2.34. The van der Waals surface area contributed by atoms with Crippen LogP contribution in [0.3, 0.4) is 0 Å². The van der Waals surface area contributed by atoms with Crippen LogP contribution < -0.4 is 4.74 Å². The Morgan fingerprint density at radius 1 is 1.24 bits per heavy atom. The van der Waals surface area contributed by atoms with E-state index >= 15 is 0 Å². The summed E-state index contributed by atoms with van der Waals surface area (Å²) in [5, 5.41) is 21.6. The van der Waals surface area contributed by atoms with Crippen LogP contribution in [-0.2, 0) is 13.3 Å². The molecule has 12 heteroatoms. The minimum Gasteiger partial charge on any atom is -0.456 e. The zero-order valence-electron chi connectivity index (χ0n) is 17.4. The Hall–Kier alpha value is -2.07. The Balaban J connectivity index is 2.37. The van der Waals surface area contributed by atoms with E-state index in [1.165, 1.54) is 31.2 Å². The topological polar surface area (TPSA) is 108 Å². The van der Waals surface area contributed by atoms with E-state index in [0.29, 0.717) is 5.56 Å². The number of aliphatic hydroxyl groups excluding tert-OH is 1. The van der Waals surface area contributed by atoms with Crippen molar-refractivity contribution in [2.75, 3.05) is 6.61 Å². The second kappa shape index (κ2) is 11.4. The molecule has 0 radical (unpaired) electrons. The van der Waals surface area contributed by atoms with Crippen molar-refractivity contribution in [2.24, 2.45) is 0 Å². The zero-order chi connectivity index (χ0) is 24.9. The molecule has 0 heterocycles. The fourth-order valence-electron chi connectivity index (χ4n) is 2.63. The number of nitrogens with zero attached hydrogens (tertiary/aromatic N) is 1. The smallest absolute Gasteiger partial charge is 0.346 e. The molecule has 0 aromatic heterocycles. The molecule has 8 nitrogen and oxygen atoms in total. The molecule has 2 rings (SSSR count). The maximum absolute atomic E-state index is 12.8. The van der Waals surface area contributed by atoms with Gasteiger partial charge in [0.05, 0.1) is 9.95 Å². The van der Waals surface area contributed by atoms with Crippen LogP contribution in [0.4, 0.5) is 5.69 Å². The molecule has 33 heavy (non-hydrogen) atoms. The third-order valence-electron chi connectivity index (χ3n) is 4.19. The van der Waals surface area contributed by atoms with Gasteiger partial charge in [-0.3, -0.25) is 10.1 Å². The van der Waals surface area contributed by atoms with E-state index in [0.717, 1.165) is 12.1 Å². The van der Waals surface area contributed by atoms with E-state index in [-0.39, 0.29) is 28.7 Å². The van der Waals surface area contributed by atoms with Crippen LogP contribution in [0.25, 0.3) is 0 Å². The fourth-order valence-corrected chi connectivity index (χ4v) is 3.20. The summed E-state index contributed by atoms with van der Waals surface area (Å²) >= 11 is 23.7. The molecule has 1 N–H and O–H groups in total. The number of benzene rings is 2. The Morgan fingerprint density at radius 2 is 1.91 bits per heavy atom. The van der Waals surface area contributed by atoms with E-state index in [9.17, 15) is 20.0 Å². The van der Waals surface area contributed by atoms with Crippen LogP contribution >= 0.6 is 46.4 Å². The number of nitro benzene ring substituents is 1. The van der Waals surface area contributed by atoms with Gasteiger partial charge < -0.3 is 19.3 Å². The first kappa shape index (κ1) is 27.2. The van der Waals surface area contributed by atoms with Crippen molar-refractivity contribution < 1.29 is 29.0 Å². The van der Waals surface area contributed by atoms with Crippen molar-refractivity contribution in [1.29, 1.82) is 0 Å². The summed E-state index contributed by atoms with van der Waals surface area (Å²) < 4.78 is 14.2. The van der Waals surface area contributed by atoms with E-state index in [1.54, 1.807) is 6.92 Å². The summed E-state index contributed by atoms with van der Waals surface area (Å²) in [5.74, 6) is -0.890. The molecule has 0 aliphatic heterocycles. The van der Waals surface area contributed by atoms with E-state index in [4.69, 9.17) is 60.6 Å². The first-order valence-electron chi connectivity index (χ1n) is 9.34. The first-order chi connectivity index (χ1) is 15.3. The predicted molar refractivity (Wildman–Crippen MR) is 126 cm³/mol. The monoisotopic (exact) mass is 537 g/mol. The number of ether oxygens (including phenoxy) is 3. The van der Waals surface area contributed by atoms with E-state index < -0.39 is 38.3 Å². The zero-order valence-corrected chi connectivity index (χ0v) is 20.4. The maximum atomic E-state index is 12.8. The molecule has 0 amide bonds. The van der Waals surface area contributed by atoms with Gasteiger partial charge in [-0.2, -0.15) is 0 Å². The third kappa shape index (κ3) is 7.20. The largest absolute Gasteiger partial charge is 0.456 e. The number of hydrogen-bond donors (Lipinski definition) is 1. The molecule has 0 aliphatic rings. The molecular weight excluding hydrogens is 520 g/mol. The van der Waals surface area contributed by atoms with Crippen LogP contribution in [-0.4, -0.2) is 35.0 Å². The van der Waals surface area contributed by atoms with Crippen molar-refractivity contribution in [3.63, 3.8) is 0 Å². The second-order valence-electron chi connectivity index (χ2n) is 6.70. The van der Waals surface area contributed by atoms with Gasteiger partial charge in [-0.05, 0) is 37.6 Å². The molecule has 0 saturated heterocycles. The lowest BCUT2D eigenvalue weighted by molar-refractivity contribution is -0.385. The lowest BCUT2D eigenvalue weighted by Gasteiger charge is -2.23. The molecule has 0 aliphatic carbocycles. The van der Waals surface area contributed by atoms with Gasteiger partial charge in [0.25, 0.3) is 5.69 Å². The Kier molecular flexibility index (Phi) is 9.37. The molecule has 2 atom stereocenters. The van der Waals surface area contributed by atoms with Gasteiger partial charge in [-0.1, -0.05) is 59.0 Å². The number of alkyl halides is 3. The summed E-state index contributed by atoms with van der Waals surface area (Å²) in [6.45, 7) is 6.94. The molecule has 0 saturated carbocycles. The van der Waals surface area contributed by atoms with Gasteiger partial charge in [0, 0.05) is 24.3 Å². The maximum Gasteiger partial charge on any atom is 0.346 e. The second-order valence-corrected chi connectivity index (χ2v) is 9.39. The highest BCUT2D eigenvalue weighted by Gasteiger charge is 2.30. The fraction of sp³-hybridized carbons (Fsp3) is 0.286. The molecule has 2 unspecified atom stereocenters. The highest BCUT2D eigenvalue weighted by atomic mass is 35.6. The summed E-state index contributed by atoms with van der Waals surface area (Å²) in [6, 6.07) is 7.76. The molecule has 0 bridgehead atoms. The third-order valence-corrected chi connectivity index (χ3v) is 5.14. The van der Waals surface area contributed by atoms with Crippen LogP contribution in [0.1, 0.15) is 29.8 Å². The van der Waals surface area contributed by atoms with Gasteiger partial charge >= 0.3 is 5.97 Å². The number of halogens is 4. The number of aliphatic hydroxyl groups is 1. The lowest BCUT2D eigenvalue weighted by atomic mass is 10.1. The van der Waals surface area contributed by atoms with Crippen molar-refractivity contribution in [3.05, 3.63) is 74.8 Å². The highest BCUT2D eigenvalue weighted by Crippen LogP contribution is 2.41. The van der Waals surface area contributed by atoms with Gasteiger partial charge in [-0.15, -0.1) is 0 Å². The molecule has 0 spiro atoms. The number of nitro groups is 1. The van der Waals surface area contributed by atoms with Crippen molar-refractivity contribution in [2.45, 2.75) is 30.0 Å². The van der Waals surface area contributed by atoms with E-state index in [1.807, 2.05) is 0 Å². The van der Waals surface area contributed by atoms with Crippen molar-refractivity contribution >= 4 is 58.1 Å². The van der Waals surface area contributed by atoms with Crippen LogP contribution in [0.15, 0.2) is 48.6 Å². The quantitative estimate of drug-likeness (QED) is 0.0992. The van der Waals surface area contributed by atoms with Gasteiger partial charge in [-0.25, -0.2) is 4.79 Å². The number of carbonyl (C=O) groups is 1. The van der Waals surface area contributed by atoms with Gasteiger partial charge in [0.1, 0.15) is 17.1 Å². The first-order valence-corrected chi connectivity index (χ1v) is 10.9. The summed E-state index contributed by atoms with van der Waals surface area (Å²) in [7, 11) is 0. The molecular formula is C21H19Cl4NO7. The molecule has 2 aromatic carbocycles. The Bertz CT molecular complexity index is 1060. The van der Waals surface area contributed by atoms with Crippen molar-refractivity contribution in [1.82, 2.24) is 0 Å². The number of hydrogen-bond acceptors (Lipinski definition) is 7. The van der Waals surface area contributed by atoms with Gasteiger partial charge in [0.15, 0.2) is 12.4 Å². The minimum atomic E-state index is -1.70. The Labute approximate surface area is 209 Å². The average Bonchev–Trinajstić information content (AvgIpc) is 2.72. The SMILES string of the molecule is C=C(C)C(OC(=O)c1cc(Oc2ccc(C(Cl)(Cl)Cl)cc2Cl)ccc1[N+](=O)[O-])C(O)OCC. The summed E-state index contributed by atoms with van der Waals surface area (Å²) in [4.78, 5) is 23.5. The van der Waals surface area contributed by atoms with Crippen molar-refractivity contribution in [3.8, 4) is 11.5 Å². The Morgan fingerprint density at radius 3 is 2.42 bits per heavy atom. The molecule has 0 fully saturated rings. The number of carbonyl (C=O) groups excluding carboxylic acids is 1. The molecule has 178 valence electrons. The predicted octanol–water partition coefficient (Wildman–Crippen LogP) is 6.32. The standard InChI is InChI=1S/C21H19Cl4NO7/c1-4-31-20(28)18(11(2)3)33-19(27)14-10-13(6-7-16(14)26(29)30)32-17-8-5-12(9-15(17)22)21(23,24)25/h5-10,18,20,28H,2,4H2,1,3H3. The summed E-state index contributed by atoms with van der Waals surface area (Å²) in [6.07, 6.45) is -2.74. The minimum absolute atomic E-state index is 0.0494. The van der Waals surface area contributed by atoms with E-state index in [2.05, 4.69) is 6.58 Å². The molecule has 2 aromatic rings. The summed E-state index contributed by atoms with van der Waals surface area (Å²) in [5.41, 5.74) is -0.366. The number of esters is 1.